The zero-order valence-corrected chi connectivity index (χ0v) is 17.2. The Balaban J connectivity index is 1.81. The Morgan fingerprint density at radius 1 is 0.966 bits per heavy atom. The number of hydrogen-bond acceptors (Lipinski definition) is 4. The first-order valence-corrected chi connectivity index (χ1v) is 9.89. The number of benzene rings is 2. The average molecular weight is 390 g/mol. The molecule has 0 saturated carbocycles. The minimum absolute atomic E-state index is 0.131. The monoisotopic (exact) mass is 390 g/mol. The molecule has 0 saturated heterocycles. The van der Waals surface area contributed by atoms with E-state index >= 15 is 0 Å². The van der Waals surface area contributed by atoms with Gasteiger partial charge in [-0.05, 0) is 55.7 Å². The smallest absolute Gasteiger partial charge is 0.251 e. The molecule has 0 bridgehead atoms. The van der Waals surface area contributed by atoms with Crippen molar-refractivity contribution in [1.29, 1.82) is 0 Å². The molecule has 150 valence electrons. The van der Waals surface area contributed by atoms with Gasteiger partial charge in [0.25, 0.3) is 5.91 Å². The Hall–Kier alpha value is -3.28. The molecular formula is C23H26N4O2. The van der Waals surface area contributed by atoms with Crippen LogP contribution in [0.2, 0.25) is 0 Å². The fourth-order valence-corrected chi connectivity index (χ4v) is 3.29. The summed E-state index contributed by atoms with van der Waals surface area (Å²) >= 11 is 0. The van der Waals surface area contributed by atoms with Gasteiger partial charge in [0, 0.05) is 18.2 Å². The predicted octanol–water partition coefficient (Wildman–Crippen LogP) is 4.20. The molecule has 0 aliphatic rings. The van der Waals surface area contributed by atoms with Gasteiger partial charge in [-0.2, -0.15) is 0 Å². The minimum atomic E-state index is -0.216. The number of hydrogen-bond donors (Lipinski definition) is 2. The third kappa shape index (κ3) is 4.77. The number of rotatable bonds is 6. The van der Waals surface area contributed by atoms with Crippen LogP contribution in [-0.4, -0.2) is 21.8 Å². The number of aryl methyl sites for hydroxylation is 2. The Morgan fingerprint density at radius 3 is 2.31 bits per heavy atom. The van der Waals surface area contributed by atoms with Crippen LogP contribution in [0.1, 0.15) is 61.0 Å². The lowest BCUT2D eigenvalue weighted by Gasteiger charge is -2.16. The first-order chi connectivity index (χ1) is 13.9. The lowest BCUT2D eigenvalue weighted by atomic mass is 10.1. The Labute approximate surface area is 170 Å². The molecule has 2 aromatic carbocycles. The summed E-state index contributed by atoms with van der Waals surface area (Å²) in [6.07, 6.45) is 1.65. The third-order valence-electron chi connectivity index (χ3n) is 4.81. The topological polar surface area (TPSA) is 84.0 Å². The fraction of sp³-hybridized carbons (Fsp3) is 0.304. The first kappa shape index (κ1) is 20.5. The Morgan fingerprint density at radius 2 is 1.66 bits per heavy atom. The van der Waals surface area contributed by atoms with Crippen molar-refractivity contribution in [3.8, 4) is 0 Å². The molecule has 0 fully saturated rings. The maximum absolute atomic E-state index is 12.8. The summed E-state index contributed by atoms with van der Waals surface area (Å²) in [5.74, 6) is -0.308. The average Bonchev–Trinajstić information content (AvgIpc) is 2.71. The van der Waals surface area contributed by atoms with Crippen molar-refractivity contribution in [2.45, 2.75) is 46.6 Å². The van der Waals surface area contributed by atoms with Crippen molar-refractivity contribution < 1.29 is 9.59 Å². The molecule has 6 heteroatoms. The summed E-state index contributed by atoms with van der Waals surface area (Å²) in [6.45, 7) is 7.50. The van der Waals surface area contributed by atoms with Crippen LogP contribution in [0.4, 0.5) is 5.69 Å². The van der Waals surface area contributed by atoms with Gasteiger partial charge in [0.2, 0.25) is 5.91 Å². The normalized spacial score (nSPS) is 11.9. The van der Waals surface area contributed by atoms with E-state index in [1.165, 1.54) is 6.92 Å². The fourth-order valence-electron chi connectivity index (χ4n) is 3.29. The predicted molar refractivity (Wildman–Crippen MR) is 115 cm³/mol. The van der Waals surface area contributed by atoms with Crippen LogP contribution in [-0.2, 0) is 17.6 Å². The minimum Gasteiger partial charge on any atom is -0.346 e. The molecular weight excluding hydrogens is 364 g/mol. The van der Waals surface area contributed by atoms with E-state index in [2.05, 4.69) is 29.5 Å². The number of carbonyl (C=O) groups is 2. The summed E-state index contributed by atoms with van der Waals surface area (Å²) in [5, 5.41) is 5.77. The van der Waals surface area contributed by atoms with Gasteiger partial charge in [0.15, 0.2) is 0 Å². The SMILES string of the molecule is CCc1nc2ccc(C(=O)NC(C)c3cccc(NC(C)=O)c3)cc2nc1CC. The van der Waals surface area contributed by atoms with Crippen LogP contribution in [0, 0.1) is 0 Å². The van der Waals surface area contributed by atoms with Crippen LogP contribution in [0.25, 0.3) is 11.0 Å². The number of fused-ring (bicyclic) bond motifs is 1. The number of anilines is 1. The molecule has 1 heterocycles. The quantitative estimate of drug-likeness (QED) is 0.660. The van der Waals surface area contributed by atoms with E-state index < -0.39 is 0 Å². The summed E-state index contributed by atoms with van der Waals surface area (Å²) in [5.41, 5.74) is 5.66. The van der Waals surface area contributed by atoms with E-state index in [1.807, 2.05) is 37.3 Å². The van der Waals surface area contributed by atoms with Crippen LogP contribution in [0.15, 0.2) is 42.5 Å². The van der Waals surface area contributed by atoms with Gasteiger partial charge < -0.3 is 10.6 Å². The van der Waals surface area contributed by atoms with Crippen LogP contribution >= 0.6 is 0 Å². The van der Waals surface area contributed by atoms with Gasteiger partial charge in [-0.15, -0.1) is 0 Å². The summed E-state index contributed by atoms with van der Waals surface area (Å²) in [6, 6.07) is 12.6. The Bertz CT molecular complexity index is 1060. The van der Waals surface area contributed by atoms with Crippen molar-refractivity contribution in [1.82, 2.24) is 15.3 Å². The molecule has 0 aliphatic heterocycles. The molecule has 0 aliphatic carbocycles. The highest BCUT2D eigenvalue weighted by Gasteiger charge is 2.14. The summed E-state index contributed by atoms with van der Waals surface area (Å²) in [7, 11) is 0. The second-order valence-electron chi connectivity index (χ2n) is 7.03. The third-order valence-corrected chi connectivity index (χ3v) is 4.81. The van der Waals surface area contributed by atoms with Crippen molar-refractivity contribution in [3.05, 3.63) is 65.0 Å². The van der Waals surface area contributed by atoms with E-state index in [1.54, 1.807) is 12.1 Å². The molecule has 1 unspecified atom stereocenters. The highest BCUT2D eigenvalue weighted by Crippen LogP contribution is 2.20. The number of aromatic nitrogens is 2. The molecule has 3 aromatic rings. The maximum atomic E-state index is 12.8. The number of nitrogens with zero attached hydrogens (tertiary/aromatic N) is 2. The van der Waals surface area contributed by atoms with E-state index in [4.69, 9.17) is 4.98 Å². The lowest BCUT2D eigenvalue weighted by Crippen LogP contribution is -2.26. The molecule has 1 atom stereocenters. The second-order valence-corrected chi connectivity index (χ2v) is 7.03. The molecule has 1 aromatic heterocycles. The van der Waals surface area contributed by atoms with E-state index in [0.717, 1.165) is 40.8 Å². The van der Waals surface area contributed by atoms with Gasteiger partial charge >= 0.3 is 0 Å². The summed E-state index contributed by atoms with van der Waals surface area (Å²) in [4.78, 5) is 33.4. The van der Waals surface area contributed by atoms with Crippen LogP contribution in [0.5, 0.6) is 0 Å². The van der Waals surface area contributed by atoms with Crippen molar-refractivity contribution in [2.24, 2.45) is 0 Å². The number of carbonyl (C=O) groups excluding carboxylic acids is 2. The first-order valence-electron chi connectivity index (χ1n) is 9.89. The highest BCUT2D eigenvalue weighted by molar-refractivity contribution is 5.97. The lowest BCUT2D eigenvalue weighted by molar-refractivity contribution is -0.114. The number of nitrogens with one attached hydrogen (secondary N) is 2. The standard InChI is InChI=1S/C23H26N4O2/c1-5-19-20(6-2)27-22-13-17(10-11-21(22)26-19)23(29)24-14(3)16-8-7-9-18(12-16)25-15(4)28/h7-14H,5-6H2,1-4H3,(H,24,29)(H,25,28). The molecule has 0 radical (unpaired) electrons. The maximum Gasteiger partial charge on any atom is 0.251 e. The largest absolute Gasteiger partial charge is 0.346 e. The molecule has 3 rings (SSSR count). The molecule has 29 heavy (non-hydrogen) atoms. The van der Waals surface area contributed by atoms with Gasteiger partial charge in [0.1, 0.15) is 0 Å². The molecule has 2 amide bonds. The van der Waals surface area contributed by atoms with E-state index in [0.29, 0.717) is 11.3 Å². The van der Waals surface area contributed by atoms with E-state index in [9.17, 15) is 9.59 Å². The molecule has 0 spiro atoms. The van der Waals surface area contributed by atoms with Gasteiger partial charge in [-0.1, -0.05) is 26.0 Å². The second kappa shape index (κ2) is 8.82. The van der Waals surface area contributed by atoms with Crippen molar-refractivity contribution in [3.63, 3.8) is 0 Å². The summed E-state index contributed by atoms with van der Waals surface area (Å²) < 4.78 is 0. The number of amides is 2. The highest BCUT2D eigenvalue weighted by atomic mass is 16.2. The van der Waals surface area contributed by atoms with Gasteiger partial charge in [-0.25, -0.2) is 9.97 Å². The molecule has 6 nitrogen and oxygen atoms in total. The van der Waals surface area contributed by atoms with Gasteiger partial charge in [-0.3, -0.25) is 9.59 Å². The zero-order valence-electron chi connectivity index (χ0n) is 17.2. The molecule has 2 N–H and O–H groups in total. The van der Waals surface area contributed by atoms with Crippen LogP contribution in [0.3, 0.4) is 0 Å². The zero-order chi connectivity index (χ0) is 21.0. The Kier molecular flexibility index (Phi) is 6.22. The van der Waals surface area contributed by atoms with Crippen LogP contribution < -0.4 is 10.6 Å². The van der Waals surface area contributed by atoms with Gasteiger partial charge in [0.05, 0.1) is 28.5 Å². The van der Waals surface area contributed by atoms with Crippen molar-refractivity contribution >= 4 is 28.5 Å². The van der Waals surface area contributed by atoms with E-state index in [-0.39, 0.29) is 17.9 Å². The van der Waals surface area contributed by atoms with Crippen molar-refractivity contribution in [2.75, 3.05) is 5.32 Å².